The van der Waals surface area contributed by atoms with Gasteiger partial charge in [0.05, 0.1) is 17.9 Å². The average Bonchev–Trinajstić information content (AvgIpc) is 2.75. The molecule has 0 N–H and O–H groups in total. The van der Waals surface area contributed by atoms with Crippen LogP contribution in [0.2, 0.25) is 0 Å². The molecule has 2 aromatic heterocycles. The van der Waals surface area contributed by atoms with E-state index in [4.69, 9.17) is 4.74 Å². The van der Waals surface area contributed by atoms with Crippen molar-refractivity contribution in [2.45, 2.75) is 6.92 Å². The number of aromatic nitrogens is 1. The van der Waals surface area contributed by atoms with E-state index in [9.17, 15) is 9.90 Å². The molecule has 0 atom stereocenters. The third-order valence-corrected chi connectivity index (χ3v) is 3.10. The molecular formula is C16H12KNO3. The topological polar surface area (TPSA) is 53.8 Å². The number of aromatic carboxylic acids is 1. The number of carbonyl (C=O) groups is 1. The van der Waals surface area contributed by atoms with Crippen LogP contribution in [0.5, 0.6) is 11.5 Å². The van der Waals surface area contributed by atoms with Gasteiger partial charge in [0.15, 0.2) is 0 Å². The Labute approximate surface area is 164 Å². The summed E-state index contributed by atoms with van der Waals surface area (Å²) in [7, 11) is 0. The summed E-state index contributed by atoms with van der Waals surface area (Å²) in [4.78, 5) is 11.2. The molecule has 0 radical (unpaired) electrons. The molecule has 1 aromatic carbocycles. The van der Waals surface area contributed by atoms with Gasteiger partial charge in [-0.1, -0.05) is 18.2 Å². The van der Waals surface area contributed by atoms with E-state index in [2.05, 4.69) is 0 Å². The van der Waals surface area contributed by atoms with Gasteiger partial charge in [0.1, 0.15) is 11.5 Å². The zero-order valence-corrected chi connectivity index (χ0v) is 15.0. The van der Waals surface area contributed by atoms with Crippen LogP contribution >= 0.6 is 0 Å². The molecule has 21 heavy (non-hydrogen) atoms. The van der Waals surface area contributed by atoms with E-state index in [0.29, 0.717) is 17.1 Å². The van der Waals surface area contributed by atoms with Crippen molar-refractivity contribution in [3.05, 3.63) is 66.0 Å². The summed E-state index contributed by atoms with van der Waals surface area (Å²) >= 11 is 0. The summed E-state index contributed by atoms with van der Waals surface area (Å²) < 4.78 is 7.27. The fraction of sp³-hybridized carbons (Fsp3) is 0.0625. The van der Waals surface area contributed by atoms with Gasteiger partial charge in [-0.05, 0) is 42.8 Å². The smallest absolute Gasteiger partial charge is 0.543 e. The molecule has 100 valence electrons. The van der Waals surface area contributed by atoms with E-state index in [1.807, 2.05) is 36.4 Å². The normalized spacial score (nSPS) is 10.1. The molecule has 3 aromatic rings. The van der Waals surface area contributed by atoms with Crippen LogP contribution in [0, 0.1) is 6.92 Å². The van der Waals surface area contributed by atoms with Crippen molar-refractivity contribution in [3.8, 4) is 11.5 Å². The maximum absolute atomic E-state index is 11.2. The monoisotopic (exact) mass is 305 g/mol. The van der Waals surface area contributed by atoms with E-state index in [0.717, 1.165) is 5.52 Å². The summed E-state index contributed by atoms with van der Waals surface area (Å²) in [5.41, 5.74) is 1.61. The Kier molecular flexibility index (Phi) is 5.24. The number of benzene rings is 1. The van der Waals surface area contributed by atoms with Gasteiger partial charge in [0, 0.05) is 5.52 Å². The third kappa shape index (κ3) is 3.39. The van der Waals surface area contributed by atoms with Gasteiger partial charge in [-0.15, -0.1) is 0 Å². The SMILES string of the molecule is Cc1cc2ccc(Oc3ccccc3)cn2c1C(=O)[O-].[K+]. The fourth-order valence-electron chi connectivity index (χ4n) is 2.23. The molecule has 0 saturated heterocycles. The number of nitrogens with zero attached hydrogens (tertiary/aromatic N) is 1. The first-order valence-corrected chi connectivity index (χ1v) is 6.21. The number of carbonyl (C=O) groups excluding carboxylic acids is 1. The number of rotatable bonds is 3. The van der Waals surface area contributed by atoms with Gasteiger partial charge in [-0.25, -0.2) is 0 Å². The molecule has 0 fully saturated rings. The second kappa shape index (κ2) is 6.76. The molecule has 0 amide bonds. The Morgan fingerprint density at radius 2 is 1.81 bits per heavy atom. The van der Waals surface area contributed by atoms with E-state index >= 15 is 0 Å². The van der Waals surface area contributed by atoms with Crippen molar-refractivity contribution in [3.63, 3.8) is 0 Å². The zero-order chi connectivity index (χ0) is 14.1. The first kappa shape index (κ1) is 16.3. The minimum atomic E-state index is -1.20. The van der Waals surface area contributed by atoms with Crippen LogP contribution < -0.4 is 61.2 Å². The van der Waals surface area contributed by atoms with E-state index in [-0.39, 0.29) is 57.1 Å². The largest absolute Gasteiger partial charge is 1.00 e. The molecule has 0 aliphatic rings. The summed E-state index contributed by atoms with van der Waals surface area (Å²) in [6.07, 6.45) is 1.65. The molecule has 0 bridgehead atoms. The van der Waals surface area contributed by atoms with Gasteiger partial charge in [0.25, 0.3) is 0 Å². The summed E-state index contributed by atoms with van der Waals surface area (Å²) in [6, 6.07) is 14.8. The van der Waals surface area contributed by atoms with Crippen molar-refractivity contribution in [1.82, 2.24) is 4.40 Å². The Balaban J connectivity index is 0.00000161. The van der Waals surface area contributed by atoms with Gasteiger partial charge in [0.2, 0.25) is 0 Å². The van der Waals surface area contributed by atoms with Crippen LogP contribution in [-0.4, -0.2) is 10.4 Å². The molecule has 0 aliphatic heterocycles. The van der Waals surface area contributed by atoms with Crippen molar-refractivity contribution in [2.75, 3.05) is 0 Å². The molecule has 0 saturated carbocycles. The van der Waals surface area contributed by atoms with Gasteiger partial charge in [-0.2, -0.15) is 0 Å². The van der Waals surface area contributed by atoms with Crippen LogP contribution in [0.1, 0.15) is 16.1 Å². The zero-order valence-electron chi connectivity index (χ0n) is 11.9. The van der Waals surface area contributed by atoms with Crippen molar-refractivity contribution < 1.29 is 66.0 Å². The molecule has 0 aliphatic carbocycles. The van der Waals surface area contributed by atoms with Crippen LogP contribution in [0.25, 0.3) is 5.52 Å². The minimum absolute atomic E-state index is 0. The number of hydrogen-bond donors (Lipinski definition) is 0. The first-order chi connectivity index (χ1) is 9.65. The van der Waals surface area contributed by atoms with Gasteiger partial charge >= 0.3 is 51.4 Å². The van der Waals surface area contributed by atoms with Crippen molar-refractivity contribution in [2.24, 2.45) is 0 Å². The molecule has 5 heteroatoms. The molecule has 4 nitrogen and oxygen atoms in total. The third-order valence-electron chi connectivity index (χ3n) is 3.10. The number of carboxylic acid groups (broad SMARTS) is 1. The number of hydrogen-bond acceptors (Lipinski definition) is 3. The predicted octanol–water partition coefficient (Wildman–Crippen LogP) is -0.592. The van der Waals surface area contributed by atoms with E-state index < -0.39 is 5.97 Å². The summed E-state index contributed by atoms with van der Waals surface area (Å²) in [5, 5.41) is 11.2. The van der Waals surface area contributed by atoms with Crippen molar-refractivity contribution >= 4 is 11.5 Å². The molecular weight excluding hydrogens is 293 g/mol. The molecule has 0 unspecified atom stereocenters. The fourth-order valence-corrected chi connectivity index (χ4v) is 2.23. The van der Waals surface area contributed by atoms with E-state index in [1.165, 1.54) is 0 Å². The standard InChI is InChI=1S/C16H13NO3.K/c1-11-9-12-7-8-14(10-17(12)15(11)16(18)19)20-13-5-3-2-4-6-13;/h2-10H,1H3,(H,18,19);/q;+1/p-1. The number of carboxylic acids is 1. The second-order valence-electron chi connectivity index (χ2n) is 4.54. The summed E-state index contributed by atoms with van der Waals surface area (Å²) in [5.74, 6) is 0.0758. The minimum Gasteiger partial charge on any atom is -0.543 e. The maximum atomic E-state index is 11.2. The Morgan fingerprint density at radius 1 is 1.10 bits per heavy atom. The van der Waals surface area contributed by atoms with Crippen LogP contribution in [-0.2, 0) is 0 Å². The number of para-hydroxylation sites is 1. The Morgan fingerprint density at radius 3 is 2.48 bits per heavy atom. The van der Waals surface area contributed by atoms with Crippen LogP contribution in [0.15, 0.2) is 54.7 Å². The van der Waals surface area contributed by atoms with Crippen molar-refractivity contribution in [1.29, 1.82) is 0 Å². The predicted molar refractivity (Wildman–Crippen MR) is 73.0 cm³/mol. The number of pyridine rings is 1. The number of aryl methyl sites for hydroxylation is 1. The van der Waals surface area contributed by atoms with Crippen LogP contribution in [0.3, 0.4) is 0 Å². The Hall–Kier alpha value is -1.11. The van der Waals surface area contributed by atoms with E-state index in [1.54, 1.807) is 29.7 Å². The van der Waals surface area contributed by atoms with Crippen LogP contribution in [0.4, 0.5) is 0 Å². The average molecular weight is 305 g/mol. The number of fused-ring (bicyclic) bond motifs is 1. The molecule has 2 heterocycles. The first-order valence-electron chi connectivity index (χ1n) is 6.21. The number of ether oxygens (including phenoxy) is 1. The molecule has 0 spiro atoms. The Bertz CT molecular complexity index is 781. The van der Waals surface area contributed by atoms with Gasteiger partial charge < -0.3 is 19.0 Å². The maximum Gasteiger partial charge on any atom is 1.00 e. The molecule has 3 rings (SSSR count). The summed E-state index contributed by atoms with van der Waals surface area (Å²) in [6.45, 7) is 1.75. The quantitative estimate of drug-likeness (QED) is 0.608. The second-order valence-corrected chi connectivity index (χ2v) is 4.54. The van der Waals surface area contributed by atoms with Gasteiger partial charge in [-0.3, -0.25) is 0 Å².